The van der Waals surface area contributed by atoms with Crippen LogP contribution in [-0.4, -0.2) is 140 Å². The zero-order valence-electron chi connectivity index (χ0n) is 35.6. The van der Waals surface area contributed by atoms with E-state index >= 15 is 0 Å². The monoisotopic (exact) mass is 932 g/mol. The van der Waals surface area contributed by atoms with Gasteiger partial charge in [0.05, 0.1) is 12.1 Å². The van der Waals surface area contributed by atoms with E-state index < -0.39 is 65.8 Å². The Morgan fingerprint density at radius 3 is 1.51 bits per heavy atom. The van der Waals surface area contributed by atoms with Crippen molar-refractivity contribution in [2.75, 3.05) is 75.8 Å². The van der Waals surface area contributed by atoms with Crippen molar-refractivity contribution in [1.82, 2.24) is 30.6 Å². The van der Waals surface area contributed by atoms with Crippen LogP contribution in [0.5, 0.6) is 0 Å². The second-order valence-electron chi connectivity index (χ2n) is 15.0. The first-order valence-corrected chi connectivity index (χ1v) is 20.3. The Morgan fingerprint density at radius 1 is 0.687 bits per heavy atom. The van der Waals surface area contributed by atoms with Crippen molar-refractivity contribution < 1.29 is 54.0 Å². The molecule has 0 saturated heterocycles. The number of likely N-dealkylation sites (N-methyl/N-ethyl adjacent to an activating group) is 1. The van der Waals surface area contributed by atoms with E-state index in [-0.39, 0.29) is 71.9 Å². The van der Waals surface area contributed by atoms with E-state index in [0.29, 0.717) is 43.2 Å². The number of carbonyl (C=O) groups is 7. The minimum atomic E-state index is -1.33. The van der Waals surface area contributed by atoms with E-state index in [0.717, 1.165) is 5.69 Å². The highest BCUT2D eigenvalue weighted by Gasteiger charge is 2.31. The molecular weight excluding hydrogens is 885 g/mol. The Bertz CT molecular complexity index is 2610. The number of aromatic nitrogens is 4. The Kier molecular flexibility index (Phi) is 16.2. The number of H-pyrrole nitrogens is 2. The number of amides is 3. The number of aliphatic carboxylic acids is 4. The summed E-state index contributed by atoms with van der Waals surface area (Å²) >= 11 is 0. The van der Waals surface area contributed by atoms with Crippen LogP contribution in [-0.2, 0) is 24.0 Å². The van der Waals surface area contributed by atoms with Crippen molar-refractivity contribution in [2.24, 2.45) is 0 Å². The number of fused-ring (bicyclic) bond motifs is 2. The van der Waals surface area contributed by atoms with Crippen LogP contribution in [0.3, 0.4) is 0 Å². The van der Waals surface area contributed by atoms with Gasteiger partial charge in [0.2, 0.25) is 18.3 Å². The molecule has 6 rings (SSSR count). The van der Waals surface area contributed by atoms with Crippen molar-refractivity contribution in [3.63, 3.8) is 0 Å². The first-order valence-electron chi connectivity index (χ1n) is 20.3. The highest BCUT2D eigenvalue weighted by molar-refractivity contribution is 5.97. The number of nitrogens with two attached hydrogens (primary N) is 2. The van der Waals surface area contributed by atoms with Gasteiger partial charge in [0.1, 0.15) is 17.8 Å². The zero-order valence-corrected chi connectivity index (χ0v) is 35.6. The number of nitrogens with zero attached hydrogens (tertiary/aromatic N) is 4. The van der Waals surface area contributed by atoms with Crippen LogP contribution < -0.4 is 64.3 Å². The van der Waals surface area contributed by atoms with Gasteiger partial charge in [-0.15, -0.1) is 0 Å². The smallest absolute Gasteiger partial charge is 0.326 e. The third-order valence-electron chi connectivity index (χ3n) is 10.4. The fourth-order valence-electron chi connectivity index (χ4n) is 6.81. The van der Waals surface area contributed by atoms with Gasteiger partial charge in [-0.1, -0.05) is 0 Å². The van der Waals surface area contributed by atoms with Gasteiger partial charge in [-0.05, 0) is 61.4 Å². The van der Waals surface area contributed by atoms with Crippen LogP contribution in [0.15, 0.2) is 58.1 Å². The molecule has 0 bridgehead atoms. The lowest BCUT2D eigenvalue weighted by atomic mass is 10.1. The number of rotatable bonds is 19. The molecule has 16 N–H and O–H groups in total. The first kappa shape index (κ1) is 49.1. The Balaban J connectivity index is 0.000000251. The summed E-state index contributed by atoms with van der Waals surface area (Å²) in [6.07, 6.45) is -0.687. The average Bonchev–Trinajstić information content (AvgIpc) is 3.27. The number of carboxylic acids is 4. The highest BCUT2D eigenvalue weighted by Crippen LogP contribution is 2.26. The third kappa shape index (κ3) is 13.1. The zero-order chi connectivity index (χ0) is 48.9. The normalized spacial score (nSPS) is 15.5. The summed E-state index contributed by atoms with van der Waals surface area (Å²) in [5.74, 6) is -5.59. The van der Waals surface area contributed by atoms with Crippen molar-refractivity contribution in [3.05, 3.63) is 80.4 Å². The van der Waals surface area contributed by atoms with E-state index in [2.05, 4.69) is 51.8 Å². The van der Waals surface area contributed by atoms with Gasteiger partial charge in [-0.3, -0.25) is 43.5 Å². The average molecular weight is 933 g/mol. The van der Waals surface area contributed by atoms with Crippen LogP contribution >= 0.6 is 0 Å². The van der Waals surface area contributed by atoms with Gasteiger partial charge in [-0.25, -0.2) is 9.59 Å². The number of hydrogen-bond acceptors (Lipinski definition) is 18. The molecule has 0 aliphatic carbocycles. The Labute approximate surface area is 378 Å². The molecule has 27 nitrogen and oxygen atoms in total. The molecule has 2 aromatic carbocycles. The summed E-state index contributed by atoms with van der Waals surface area (Å²) < 4.78 is 0. The van der Waals surface area contributed by atoms with Gasteiger partial charge in [0.15, 0.2) is 17.3 Å². The lowest BCUT2D eigenvalue weighted by molar-refractivity contribution is -0.142. The van der Waals surface area contributed by atoms with E-state index in [1.807, 2.05) is 4.90 Å². The molecule has 27 heteroatoms. The standard InChI is InChI=1S/C20H23N7O7.C20H25N7O6/c21-20-25-16-15(18(32)26-20)27(9-28)12(8-23-16)7-22-11-3-1-10(2-4-11)17(31)24-13(19(33)34)5-6-14(29)30;1-27-12(9-23-16-15(27)18(31)26-20(21)25-16)8-22-11-4-2-10(3-5-11)17(30)24-13(19(32)33)6-7-14(28)29/h1-4,9,12-13,22H,5-8H2,(H,24,31)(H,29,30)(H,33,34)(H4,21,23,25,26,32);2-5,12-13,22H,6-9H2,1H3,(H,24,30)(H,28,29)(H,32,33)(H4,21,23,25,26,31)/t2*12?,13-/m00/s1. The second-order valence-corrected chi connectivity index (χ2v) is 15.0. The molecule has 4 heterocycles. The summed E-state index contributed by atoms with van der Waals surface area (Å²) in [6, 6.07) is 9.40. The molecule has 3 amide bonds. The van der Waals surface area contributed by atoms with Gasteiger partial charge in [-0.2, -0.15) is 9.97 Å². The van der Waals surface area contributed by atoms with Gasteiger partial charge < -0.3 is 73.6 Å². The molecule has 2 aromatic heterocycles. The molecule has 2 aliphatic rings. The molecule has 0 fully saturated rings. The van der Waals surface area contributed by atoms with Crippen molar-refractivity contribution in [3.8, 4) is 0 Å². The number of nitrogen functional groups attached to an aromatic ring is 2. The maximum absolute atomic E-state index is 12.3. The number of carbonyl (C=O) groups excluding carboxylic acids is 3. The first-order chi connectivity index (χ1) is 31.8. The van der Waals surface area contributed by atoms with Crippen LogP contribution in [0, 0.1) is 0 Å². The summed E-state index contributed by atoms with van der Waals surface area (Å²) in [7, 11) is 1.79. The van der Waals surface area contributed by atoms with Gasteiger partial charge in [0.25, 0.3) is 22.9 Å². The lowest BCUT2D eigenvalue weighted by Crippen LogP contribution is -2.50. The van der Waals surface area contributed by atoms with E-state index in [9.17, 15) is 53.4 Å². The predicted octanol–water partition coefficient (Wildman–Crippen LogP) is -0.989. The molecule has 0 spiro atoms. The summed E-state index contributed by atoms with van der Waals surface area (Å²) in [4.78, 5) is 121. The molecule has 0 radical (unpaired) electrons. The molecular formula is C40H48N14O13. The van der Waals surface area contributed by atoms with Crippen LogP contribution in [0.1, 0.15) is 46.4 Å². The minimum Gasteiger partial charge on any atom is -0.481 e. The van der Waals surface area contributed by atoms with Crippen molar-refractivity contribution in [2.45, 2.75) is 49.9 Å². The number of carboxylic acid groups (broad SMARTS) is 4. The summed E-state index contributed by atoms with van der Waals surface area (Å²) in [6.45, 7) is 1.58. The predicted molar refractivity (Wildman–Crippen MR) is 241 cm³/mol. The maximum atomic E-state index is 12.3. The van der Waals surface area contributed by atoms with Crippen molar-refractivity contribution in [1.29, 1.82) is 0 Å². The number of anilines is 8. The molecule has 2 unspecified atom stereocenters. The summed E-state index contributed by atoms with van der Waals surface area (Å²) in [5, 5.41) is 52.8. The van der Waals surface area contributed by atoms with Crippen LogP contribution in [0.4, 0.5) is 46.3 Å². The second kappa shape index (κ2) is 22.1. The van der Waals surface area contributed by atoms with Gasteiger partial charge in [0, 0.05) is 68.6 Å². The molecule has 67 heavy (non-hydrogen) atoms. The lowest BCUT2D eigenvalue weighted by Gasteiger charge is -2.35. The molecule has 0 saturated carbocycles. The van der Waals surface area contributed by atoms with Crippen LogP contribution in [0.25, 0.3) is 0 Å². The quantitative estimate of drug-likeness (QED) is 0.0502. The minimum absolute atomic E-state index is 0.0388. The van der Waals surface area contributed by atoms with E-state index in [1.54, 1.807) is 31.3 Å². The Morgan fingerprint density at radius 2 is 1.09 bits per heavy atom. The Hall–Kier alpha value is -8.91. The fraction of sp³-hybridized carbons (Fsp3) is 0.325. The molecule has 4 aromatic rings. The number of aromatic amines is 2. The maximum Gasteiger partial charge on any atom is 0.326 e. The van der Waals surface area contributed by atoms with Gasteiger partial charge >= 0.3 is 23.9 Å². The molecule has 4 atom stereocenters. The van der Waals surface area contributed by atoms with E-state index in [1.165, 1.54) is 29.2 Å². The third-order valence-corrected chi connectivity index (χ3v) is 10.4. The number of nitrogens with one attached hydrogen (secondary N) is 8. The number of hydrogen-bond donors (Lipinski definition) is 14. The molecule has 2 aliphatic heterocycles. The fourth-order valence-corrected chi connectivity index (χ4v) is 6.81. The number of benzene rings is 2. The topological polar surface area (TPSA) is 423 Å². The highest BCUT2D eigenvalue weighted by atomic mass is 16.4. The largest absolute Gasteiger partial charge is 0.481 e. The van der Waals surface area contributed by atoms with E-state index in [4.69, 9.17) is 21.7 Å². The summed E-state index contributed by atoms with van der Waals surface area (Å²) in [5.41, 5.74) is 12.4. The van der Waals surface area contributed by atoms with Crippen molar-refractivity contribution >= 4 is 88.4 Å². The molecule has 356 valence electrons. The van der Waals surface area contributed by atoms with Crippen LogP contribution in [0.2, 0.25) is 0 Å². The SMILES string of the molecule is CN1c2c(nc(N)[nH]c2=O)NCC1CNc1ccc(C(=O)N[C@@H](CCC(=O)O)C(=O)O)cc1.Nc1nc2c(c(=O)[nH]1)N(C=O)C(CNc1ccc(C(=O)N[C@@H](CCC(=O)O)C(=O)O)cc1)CN2.